The van der Waals surface area contributed by atoms with E-state index in [9.17, 15) is 13.2 Å². The first-order valence-corrected chi connectivity index (χ1v) is 5.16. The van der Waals surface area contributed by atoms with Crippen molar-refractivity contribution in [3.8, 4) is 0 Å². The molecule has 0 amide bonds. The van der Waals surface area contributed by atoms with Crippen molar-refractivity contribution in [2.75, 3.05) is 0 Å². The monoisotopic (exact) mass is 264 g/mol. The molecule has 1 aliphatic rings. The zero-order chi connectivity index (χ0) is 10.3. The molecule has 0 spiro atoms. The molecule has 0 radical (unpaired) electrons. The van der Waals surface area contributed by atoms with E-state index < -0.39 is 11.7 Å². The van der Waals surface area contributed by atoms with Gasteiger partial charge in [-0.3, -0.25) is 0 Å². The van der Waals surface area contributed by atoms with Gasteiger partial charge in [0, 0.05) is 4.47 Å². The predicted molar refractivity (Wildman–Crippen MR) is 51.2 cm³/mol. The average Bonchev–Trinajstić information content (AvgIpc) is 2.50. The molecule has 1 aromatic rings. The van der Waals surface area contributed by atoms with Crippen molar-refractivity contribution in [2.24, 2.45) is 0 Å². The molecule has 0 saturated heterocycles. The molecule has 4 heteroatoms. The summed E-state index contributed by atoms with van der Waals surface area (Å²) in [4.78, 5) is 0. The Balaban J connectivity index is 2.52. The summed E-state index contributed by atoms with van der Waals surface area (Å²) in [7, 11) is 0. The van der Waals surface area contributed by atoms with Crippen LogP contribution in [0.4, 0.5) is 13.2 Å². The van der Waals surface area contributed by atoms with Crippen LogP contribution in [-0.2, 0) is 19.0 Å². The molecule has 14 heavy (non-hydrogen) atoms. The lowest BCUT2D eigenvalue weighted by Crippen LogP contribution is -2.06. The largest absolute Gasteiger partial charge is 0.416 e. The van der Waals surface area contributed by atoms with Crippen molar-refractivity contribution in [1.82, 2.24) is 0 Å². The molecule has 0 aliphatic heterocycles. The molecule has 0 unspecified atom stereocenters. The second kappa shape index (κ2) is 3.26. The SMILES string of the molecule is FC(F)(F)c1cc(Br)c2c(c1)CCC2. The summed E-state index contributed by atoms with van der Waals surface area (Å²) in [5.74, 6) is 0. The fraction of sp³-hybridized carbons (Fsp3) is 0.400. The van der Waals surface area contributed by atoms with Crippen LogP contribution in [-0.4, -0.2) is 0 Å². The number of halogens is 4. The molecule has 0 heterocycles. The topological polar surface area (TPSA) is 0 Å². The predicted octanol–water partition coefficient (Wildman–Crippen LogP) is 3.96. The number of hydrogen-bond acceptors (Lipinski definition) is 0. The Bertz CT molecular complexity index is 368. The van der Waals surface area contributed by atoms with Crippen molar-refractivity contribution >= 4 is 15.9 Å². The summed E-state index contributed by atoms with van der Waals surface area (Å²) in [5, 5.41) is 0. The summed E-state index contributed by atoms with van der Waals surface area (Å²) in [6.07, 6.45) is -1.64. The highest BCUT2D eigenvalue weighted by Gasteiger charge is 2.32. The van der Waals surface area contributed by atoms with Gasteiger partial charge in [-0.1, -0.05) is 15.9 Å². The molecule has 0 nitrogen and oxygen atoms in total. The van der Waals surface area contributed by atoms with Gasteiger partial charge < -0.3 is 0 Å². The third-order valence-corrected chi connectivity index (χ3v) is 3.20. The molecular weight excluding hydrogens is 257 g/mol. The van der Waals surface area contributed by atoms with Crippen molar-refractivity contribution in [1.29, 1.82) is 0 Å². The highest BCUT2D eigenvalue weighted by Crippen LogP contribution is 2.37. The standard InChI is InChI=1S/C10H8BrF3/c11-9-5-7(10(12,13)14)4-6-2-1-3-8(6)9/h4-5H,1-3H2. The smallest absolute Gasteiger partial charge is 0.166 e. The van der Waals surface area contributed by atoms with E-state index in [1.807, 2.05) is 0 Å². The van der Waals surface area contributed by atoms with E-state index in [4.69, 9.17) is 0 Å². The van der Waals surface area contributed by atoms with Gasteiger partial charge in [0.2, 0.25) is 0 Å². The number of rotatable bonds is 0. The van der Waals surface area contributed by atoms with Crippen molar-refractivity contribution in [2.45, 2.75) is 25.4 Å². The molecule has 2 rings (SSSR count). The molecule has 0 atom stereocenters. The van der Waals surface area contributed by atoms with Gasteiger partial charge in [-0.15, -0.1) is 0 Å². The average molecular weight is 265 g/mol. The minimum atomic E-state index is -4.24. The number of hydrogen-bond donors (Lipinski definition) is 0. The molecule has 76 valence electrons. The lowest BCUT2D eigenvalue weighted by Gasteiger charge is -2.10. The first-order chi connectivity index (χ1) is 6.48. The molecule has 1 aromatic carbocycles. The van der Waals surface area contributed by atoms with Crippen LogP contribution in [0, 0.1) is 0 Å². The van der Waals surface area contributed by atoms with Crippen LogP contribution >= 0.6 is 15.9 Å². The van der Waals surface area contributed by atoms with Crippen LogP contribution in [0.1, 0.15) is 23.1 Å². The lowest BCUT2D eigenvalue weighted by molar-refractivity contribution is -0.137. The number of fused-ring (bicyclic) bond motifs is 1. The summed E-state index contributed by atoms with van der Waals surface area (Å²) in [6, 6.07) is 2.44. The Hall–Kier alpha value is -0.510. The number of benzene rings is 1. The summed E-state index contributed by atoms with van der Waals surface area (Å²) >= 11 is 3.19. The van der Waals surface area contributed by atoms with Gasteiger partial charge in [-0.25, -0.2) is 0 Å². The van der Waals surface area contributed by atoms with Crippen LogP contribution in [0.25, 0.3) is 0 Å². The third kappa shape index (κ3) is 1.67. The maximum Gasteiger partial charge on any atom is 0.416 e. The quantitative estimate of drug-likeness (QED) is 0.666. The molecule has 0 bridgehead atoms. The normalized spacial score (nSPS) is 15.7. The van der Waals surface area contributed by atoms with Gasteiger partial charge >= 0.3 is 6.18 Å². The first-order valence-electron chi connectivity index (χ1n) is 4.37. The van der Waals surface area contributed by atoms with Crippen LogP contribution in [0.15, 0.2) is 16.6 Å². The number of alkyl halides is 3. The molecule has 0 N–H and O–H groups in total. The van der Waals surface area contributed by atoms with Crippen molar-refractivity contribution in [3.05, 3.63) is 33.3 Å². The van der Waals surface area contributed by atoms with Gasteiger partial charge in [0.15, 0.2) is 0 Å². The molecule has 0 fully saturated rings. The van der Waals surface area contributed by atoms with Crippen LogP contribution in [0.5, 0.6) is 0 Å². The molecular formula is C10H8BrF3. The Morgan fingerprint density at radius 1 is 1.14 bits per heavy atom. The fourth-order valence-corrected chi connectivity index (χ4v) is 2.52. The highest BCUT2D eigenvalue weighted by atomic mass is 79.9. The minimum absolute atomic E-state index is 0.551. The minimum Gasteiger partial charge on any atom is -0.166 e. The summed E-state index contributed by atoms with van der Waals surface area (Å²) < 4.78 is 37.8. The van der Waals surface area contributed by atoms with Gasteiger partial charge in [0.25, 0.3) is 0 Å². The zero-order valence-electron chi connectivity index (χ0n) is 7.29. The van der Waals surface area contributed by atoms with Gasteiger partial charge in [0.05, 0.1) is 5.56 Å². The second-order valence-electron chi connectivity index (χ2n) is 3.45. The molecule has 0 aromatic heterocycles. The van der Waals surface area contributed by atoms with Crippen LogP contribution in [0.2, 0.25) is 0 Å². The maximum atomic E-state index is 12.4. The summed E-state index contributed by atoms with van der Waals surface area (Å²) in [6.45, 7) is 0. The van der Waals surface area contributed by atoms with Gasteiger partial charge in [0.1, 0.15) is 0 Å². The van der Waals surface area contributed by atoms with E-state index in [2.05, 4.69) is 15.9 Å². The van der Waals surface area contributed by atoms with E-state index in [0.717, 1.165) is 30.4 Å². The Labute approximate surface area is 88.2 Å². The lowest BCUT2D eigenvalue weighted by atomic mass is 10.1. The van der Waals surface area contributed by atoms with Crippen LogP contribution < -0.4 is 0 Å². The molecule has 0 saturated carbocycles. The van der Waals surface area contributed by atoms with E-state index >= 15 is 0 Å². The van der Waals surface area contributed by atoms with Gasteiger partial charge in [-0.05, 0) is 42.5 Å². The van der Waals surface area contributed by atoms with E-state index in [-0.39, 0.29) is 0 Å². The Morgan fingerprint density at radius 2 is 1.86 bits per heavy atom. The Kier molecular flexibility index (Phi) is 2.33. The van der Waals surface area contributed by atoms with E-state index in [1.54, 1.807) is 0 Å². The zero-order valence-corrected chi connectivity index (χ0v) is 8.87. The molecule has 1 aliphatic carbocycles. The number of aryl methyl sites for hydroxylation is 1. The van der Waals surface area contributed by atoms with Gasteiger partial charge in [-0.2, -0.15) is 13.2 Å². The maximum absolute atomic E-state index is 12.4. The fourth-order valence-electron chi connectivity index (χ4n) is 1.82. The van der Waals surface area contributed by atoms with E-state index in [0.29, 0.717) is 4.47 Å². The Morgan fingerprint density at radius 3 is 2.50 bits per heavy atom. The third-order valence-electron chi connectivity index (χ3n) is 2.49. The van der Waals surface area contributed by atoms with Crippen molar-refractivity contribution in [3.63, 3.8) is 0 Å². The van der Waals surface area contributed by atoms with E-state index in [1.165, 1.54) is 12.1 Å². The van der Waals surface area contributed by atoms with Crippen molar-refractivity contribution < 1.29 is 13.2 Å². The first kappa shape index (κ1) is 10.0. The second-order valence-corrected chi connectivity index (χ2v) is 4.30. The highest BCUT2D eigenvalue weighted by molar-refractivity contribution is 9.10. The summed E-state index contributed by atoms with van der Waals surface area (Å²) in [5.41, 5.74) is 1.33. The van der Waals surface area contributed by atoms with Crippen LogP contribution in [0.3, 0.4) is 0 Å².